The molecule has 0 aliphatic carbocycles. The van der Waals surface area contributed by atoms with E-state index in [2.05, 4.69) is 53.7 Å². The third kappa shape index (κ3) is 5.76. The zero-order chi connectivity index (χ0) is 19.4. The van der Waals surface area contributed by atoms with E-state index >= 15 is 0 Å². The molecule has 0 saturated heterocycles. The molecule has 1 atom stereocenters. The Kier molecular flexibility index (Phi) is 6.33. The number of carbonyl (C=O) groups is 1. The normalized spacial score (nSPS) is 13.5. The van der Waals surface area contributed by atoms with Gasteiger partial charge in [-0.05, 0) is 28.7 Å². The summed E-state index contributed by atoms with van der Waals surface area (Å²) in [6, 6.07) is 14.1. The highest BCUT2D eigenvalue weighted by molar-refractivity contribution is 5.88. The van der Waals surface area contributed by atoms with Crippen molar-refractivity contribution in [2.45, 2.75) is 48.0 Å². The molecule has 0 radical (unpaired) electrons. The molecule has 2 aromatic carbocycles. The number of esters is 1. The summed E-state index contributed by atoms with van der Waals surface area (Å²) in [6.45, 7) is 13.4. The van der Waals surface area contributed by atoms with Crippen LogP contribution < -0.4 is 4.74 Å². The Balaban J connectivity index is 1.92. The molecular weight excluding hydrogens is 324 g/mol. The van der Waals surface area contributed by atoms with E-state index in [-0.39, 0.29) is 29.3 Å². The average Bonchev–Trinajstić information content (AvgIpc) is 2.55. The molecule has 26 heavy (non-hydrogen) atoms. The standard InChI is InChI=1S/C23H32O3/c1-22(2,3)16-19(23(4,5)6)21(24)26-15-14-25-20-13-9-11-17-10-7-8-12-18(17)20/h7-13,19H,14-16H2,1-6H3. The zero-order valence-corrected chi connectivity index (χ0v) is 17.0. The molecule has 0 amide bonds. The van der Waals surface area contributed by atoms with Crippen LogP contribution in [0.4, 0.5) is 0 Å². The van der Waals surface area contributed by atoms with E-state index in [0.29, 0.717) is 6.61 Å². The van der Waals surface area contributed by atoms with E-state index in [1.807, 2.05) is 30.3 Å². The molecule has 2 rings (SSSR count). The van der Waals surface area contributed by atoms with Gasteiger partial charge >= 0.3 is 5.97 Å². The molecule has 3 nitrogen and oxygen atoms in total. The van der Waals surface area contributed by atoms with E-state index in [4.69, 9.17) is 9.47 Å². The first-order valence-corrected chi connectivity index (χ1v) is 9.35. The smallest absolute Gasteiger partial charge is 0.309 e. The molecule has 2 aromatic rings. The Bertz CT molecular complexity index is 730. The number of ether oxygens (including phenoxy) is 2. The summed E-state index contributed by atoms with van der Waals surface area (Å²) in [5.74, 6) is 0.565. The van der Waals surface area contributed by atoms with Gasteiger partial charge in [0, 0.05) is 5.39 Å². The summed E-state index contributed by atoms with van der Waals surface area (Å²) in [5.41, 5.74) is -0.0444. The highest BCUT2D eigenvalue weighted by Crippen LogP contribution is 2.36. The minimum atomic E-state index is -0.131. The van der Waals surface area contributed by atoms with Gasteiger partial charge in [0.25, 0.3) is 0 Å². The van der Waals surface area contributed by atoms with Gasteiger partial charge in [0.1, 0.15) is 19.0 Å². The van der Waals surface area contributed by atoms with Crippen LogP contribution in [0.2, 0.25) is 0 Å². The maximum atomic E-state index is 12.6. The largest absolute Gasteiger partial charge is 0.489 e. The molecule has 3 heteroatoms. The fraction of sp³-hybridized carbons (Fsp3) is 0.522. The maximum absolute atomic E-state index is 12.6. The molecule has 0 aliphatic heterocycles. The predicted octanol–water partition coefficient (Wildman–Crippen LogP) is 5.86. The van der Waals surface area contributed by atoms with Crippen molar-refractivity contribution in [2.75, 3.05) is 13.2 Å². The highest BCUT2D eigenvalue weighted by atomic mass is 16.6. The first-order valence-electron chi connectivity index (χ1n) is 9.35. The SMILES string of the molecule is CC(C)(C)CC(C(=O)OCCOc1cccc2ccccc12)C(C)(C)C. The van der Waals surface area contributed by atoms with Crippen LogP contribution in [0.25, 0.3) is 10.8 Å². The minimum Gasteiger partial charge on any atom is -0.489 e. The molecule has 0 fully saturated rings. The molecule has 0 spiro atoms. The van der Waals surface area contributed by atoms with E-state index in [1.165, 1.54) is 0 Å². The van der Waals surface area contributed by atoms with Gasteiger partial charge in [0.2, 0.25) is 0 Å². The maximum Gasteiger partial charge on any atom is 0.309 e. The number of rotatable bonds is 6. The fourth-order valence-corrected chi connectivity index (χ4v) is 3.07. The third-order valence-electron chi connectivity index (χ3n) is 4.48. The van der Waals surface area contributed by atoms with Crippen molar-refractivity contribution in [1.82, 2.24) is 0 Å². The second-order valence-electron chi connectivity index (χ2n) is 9.18. The number of fused-ring (bicyclic) bond motifs is 1. The number of benzene rings is 2. The van der Waals surface area contributed by atoms with Crippen molar-refractivity contribution >= 4 is 16.7 Å². The quantitative estimate of drug-likeness (QED) is 0.480. The molecule has 0 N–H and O–H groups in total. The molecule has 0 heterocycles. The lowest BCUT2D eigenvalue weighted by atomic mass is 9.72. The van der Waals surface area contributed by atoms with Gasteiger partial charge in [0.05, 0.1) is 5.92 Å². The van der Waals surface area contributed by atoms with Crippen molar-refractivity contribution in [2.24, 2.45) is 16.7 Å². The van der Waals surface area contributed by atoms with Crippen LogP contribution >= 0.6 is 0 Å². The number of hydrogen-bond donors (Lipinski definition) is 0. The van der Waals surface area contributed by atoms with Crippen LogP contribution in [-0.2, 0) is 9.53 Å². The van der Waals surface area contributed by atoms with E-state index < -0.39 is 0 Å². The van der Waals surface area contributed by atoms with Crippen LogP contribution in [0.1, 0.15) is 48.0 Å². The molecule has 0 bridgehead atoms. The average molecular weight is 357 g/mol. The van der Waals surface area contributed by atoms with Crippen LogP contribution in [0.3, 0.4) is 0 Å². The third-order valence-corrected chi connectivity index (χ3v) is 4.48. The highest BCUT2D eigenvalue weighted by Gasteiger charge is 2.35. The van der Waals surface area contributed by atoms with Crippen LogP contribution in [0.15, 0.2) is 42.5 Å². The Morgan fingerprint density at radius 2 is 1.58 bits per heavy atom. The Hall–Kier alpha value is -2.03. The Morgan fingerprint density at radius 3 is 2.23 bits per heavy atom. The number of carbonyl (C=O) groups excluding carboxylic acids is 1. The second-order valence-corrected chi connectivity index (χ2v) is 9.18. The van der Waals surface area contributed by atoms with Crippen LogP contribution in [0.5, 0.6) is 5.75 Å². The summed E-state index contributed by atoms with van der Waals surface area (Å²) in [4.78, 5) is 12.6. The van der Waals surface area contributed by atoms with Crippen molar-refractivity contribution in [3.8, 4) is 5.75 Å². The zero-order valence-electron chi connectivity index (χ0n) is 17.0. The van der Waals surface area contributed by atoms with Gasteiger partial charge in [-0.2, -0.15) is 0 Å². The Morgan fingerprint density at radius 1 is 0.923 bits per heavy atom. The lowest BCUT2D eigenvalue weighted by molar-refractivity contribution is -0.154. The second kappa shape index (κ2) is 8.11. The molecular formula is C23H32O3. The van der Waals surface area contributed by atoms with E-state index in [1.54, 1.807) is 0 Å². The van der Waals surface area contributed by atoms with E-state index in [9.17, 15) is 4.79 Å². The van der Waals surface area contributed by atoms with Crippen LogP contribution in [-0.4, -0.2) is 19.2 Å². The first kappa shape index (κ1) is 20.3. The van der Waals surface area contributed by atoms with Crippen molar-refractivity contribution in [3.05, 3.63) is 42.5 Å². The first-order chi connectivity index (χ1) is 12.1. The fourth-order valence-electron chi connectivity index (χ4n) is 3.07. The predicted molar refractivity (Wildman–Crippen MR) is 107 cm³/mol. The van der Waals surface area contributed by atoms with Crippen molar-refractivity contribution in [1.29, 1.82) is 0 Å². The summed E-state index contributed by atoms with van der Waals surface area (Å²) in [7, 11) is 0. The van der Waals surface area contributed by atoms with E-state index in [0.717, 1.165) is 22.9 Å². The van der Waals surface area contributed by atoms with Crippen molar-refractivity contribution < 1.29 is 14.3 Å². The summed E-state index contributed by atoms with van der Waals surface area (Å²) in [6.07, 6.45) is 0.805. The van der Waals surface area contributed by atoms with Gasteiger partial charge in [-0.15, -0.1) is 0 Å². The molecule has 0 aromatic heterocycles. The summed E-state index contributed by atoms with van der Waals surface area (Å²) < 4.78 is 11.4. The van der Waals surface area contributed by atoms with Gasteiger partial charge in [-0.1, -0.05) is 77.9 Å². The monoisotopic (exact) mass is 356 g/mol. The number of hydrogen-bond acceptors (Lipinski definition) is 3. The molecule has 142 valence electrons. The Labute approximate surface area is 157 Å². The van der Waals surface area contributed by atoms with Gasteiger partial charge in [-0.25, -0.2) is 0 Å². The summed E-state index contributed by atoms with van der Waals surface area (Å²) in [5, 5.41) is 2.21. The van der Waals surface area contributed by atoms with Gasteiger partial charge in [-0.3, -0.25) is 4.79 Å². The minimum absolute atomic E-state index is 0.0798. The van der Waals surface area contributed by atoms with Crippen molar-refractivity contribution in [3.63, 3.8) is 0 Å². The molecule has 0 saturated carbocycles. The molecule has 1 unspecified atom stereocenters. The topological polar surface area (TPSA) is 35.5 Å². The lowest BCUT2D eigenvalue weighted by Crippen LogP contribution is -2.34. The van der Waals surface area contributed by atoms with Gasteiger partial charge in [0.15, 0.2) is 0 Å². The van der Waals surface area contributed by atoms with Crippen LogP contribution in [0, 0.1) is 16.7 Å². The summed E-state index contributed by atoms with van der Waals surface area (Å²) >= 11 is 0. The lowest BCUT2D eigenvalue weighted by Gasteiger charge is -2.33. The van der Waals surface area contributed by atoms with Gasteiger partial charge < -0.3 is 9.47 Å². The molecule has 0 aliphatic rings.